The highest BCUT2D eigenvalue weighted by atomic mass is 31.2. The second-order valence-corrected chi connectivity index (χ2v) is 14.5. The lowest BCUT2D eigenvalue weighted by Crippen LogP contribution is -2.49. The maximum absolute atomic E-state index is 13.5. The van der Waals surface area contributed by atoms with Crippen LogP contribution in [0, 0.1) is 0 Å². The summed E-state index contributed by atoms with van der Waals surface area (Å²) in [6, 6.07) is -0.324. The van der Waals surface area contributed by atoms with E-state index in [1.807, 2.05) is 0 Å². The molecule has 304 valence electrons. The number of nitrogens with zero attached hydrogens (tertiary/aromatic N) is 7. The van der Waals surface area contributed by atoms with Crippen LogP contribution < -0.4 is 17.2 Å². The monoisotopic (exact) mass is 821 g/mol. The lowest BCUT2D eigenvalue weighted by molar-refractivity contribution is -0.166. The van der Waals surface area contributed by atoms with Gasteiger partial charge >= 0.3 is 27.3 Å². The van der Waals surface area contributed by atoms with Crippen molar-refractivity contribution in [3.05, 3.63) is 48.1 Å². The van der Waals surface area contributed by atoms with Gasteiger partial charge in [0.2, 0.25) is 5.91 Å². The van der Waals surface area contributed by atoms with E-state index in [1.165, 1.54) is 30.1 Å². The number of allylic oxidation sites excluding steroid dienone is 1. The number of phosphoric acid groups is 2. The van der Waals surface area contributed by atoms with Crippen molar-refractivity contribution in [3.63, 3.8) is 0 Å². The molecule has 25 nitrogen and oxygen atoms in total. The Hall–Kier alpha value is -4.23. The van der Waals surface area contributed by atoms with E-state index >= 15 is 0 Å². The first-order valence-corrected chi connectivity index (χ1v) is 19.1. The first-order valence-electron chi connectivity index (χ1n) is 16.1. The summed E-state index contributed by atoms with van der Waals surface area (Å²) in [4.78, 5) is 84.4. The Balaban J connectivity index is 1.61. The molecule has 1 aliphatic heterocycles. The minimum absolute atomic E-state index is 0.0143. The van der Waals surface area contributed by atoms with Crippen LogP contribution >= 0.6 is 15.6 Å². The summed E-state index contributed by atoms with van der Waals surface area (Å²) >= 11 is 0. The molecule has 0 aliphatic carbocycles. The molecule has 0 bridgehead atoms. The molecule has 9 N–H and O–H groups in total. The standard InChI is InChI=1S/C28H41N9O16P2/c1-4-5-6-20(39)35(2)15(10-38)27(41)52-23-18(51-26(22(23)40)37-14-33-21-24(30)31-13-32-25(21)37)12-50-55(46,47)53-16(17(48-3)11-49-54(43,44)45)9-36-8-7-19(29)34-28(36)42/h4,7-8,13-18,22-23,26,38,40H,1,5-6,9-12H2,2-3H3,(H,46,47)(H2,29,34,42)(H2,30,31,32)(H2,43,44,45)/t15-,16-,17+,18+,22+,23+,26+/m0/s1. The molecule has 0 saturated carbocycles. The molecule has 1 aliphatic rings. The lowest BCUT2D eigenvalue weighted by atomic mass is 10.1. The molecular weight excluding hydrogens is 780 g/mol. The number of hydrogen-bond donors (Lipinski definition) is 7. The molecular formula is C28H41N9O16P2. The first kappa shape index (κ1) is 43.5. The molecule has 27 heteroatoms. The highest BCUT2D eigenvalue weighted by Crippen LogP contribution is 2.47. The molecule has 3 aromatic rings. The zero-order valence-corrected chi connectivity index (χ0v) is 31.1. The highest BCUT2D eigenvalue weighted by molar-refractivity contribution is 7.47. The van der Waals surface area contributed by atoms with E-state index in [-0.39, 0.29) is 35.6 Å². The number of likely N-dealkylation sites (N-methyl/N-ethyl adjacent to an activating group) is 1. The van der Waals surface area contributed by atoms with Crippen molar-refractivity contribution in [1.82, 2.24) is 34.0 Å². The maximum Gasteiger partial charge on any atom is 0.472 e. The van der Waals surface area contributed by atoms with Crippen LogP contribution in [0.15, 0.2) is 42.4 Å². The number of ether oxygens (including phenoxy) is 3. The van der Waals surface area contributed by atoms with Gasteiger partial charge in [0.15, 0.2) is 29.8 Å². The Kier molecular flexibility index (Phi) is 14.7. The Morgan fingerprint density at radius 2 is 1.89 bits per heavy atom. The van der Waals surface area contributed by atoms with Gasteiger partial charge in [-0.15, -0.1) is 6.58 Å². The van der Waals surface area contributed by atoms with Crippen molar-refractivity contribution in [3.8, 4) is 0 Å². The minimum Gasteiger partial charge on any atom is -0.455 e. The molecule has 0 aromatic carbocycles. The molecule has 3 aromatic heterocycles. The van der Waals surface area contributed by atoms with Crippen LogP contribution in [0.5, 0.6) is 0 Å². The second kappa shape index (κ2) is 18.6. The molecule has 4 rings (SSSR count). The zero-order valence-electron chi connectivity index (χ0n) is 29.3. The maximum atomic E-state index is 13.5. The molecule has 1 amide bonds. The van der Waals surface area contributed by atoms with E-state index in [0.717, 1.165) is 29.1 Å². The van der Waals surface area contributed by atoms with E-state index in [4.69, 9.17) is 34.7 Å². The third kappa shape index (κ3) is 11.2. The van der Waals surface area contributed by atoms with Crippen LogP contribution in [0.1, 0.15) is 19.1 Å². The number of amides is 1. The summed E-state index contributed by atoms with van der Waals surface area (Å²) < 4.78 is 58.7. The predicted octanol–water partition coefficient (Wildman–Crippen LogP) is -2.17. The fourth-order valence-corrected chi connectivity index (χ4v) is 6.57. The quantitative estimate of drug-likeness (QED) is 0.0362. The van der Waals surface area contributed by atoms with Crippen LogP contribution in [0.2, 0.25) is 0 Å². The van der Waals surface area contributed by atoms with Crippen molar-refractivity contribution in [2.24, 2.45) is 0 Å². The van der Waals surface area contributed by atoms with E-state index in [1.54, 1.807) is 0 Å². The smallest absolute Gasteiger partial charge is 0.455 e. The topological polar surface area (TPSA) is 359 Å². The summed E-state index contributed by atoms with van der Waals surface area (Å²) in [5.74, 6) is -1.88. The number of aromatic nitrogens is 6. The third-order valence-electron chi connectivity index (χ3n) is 8.16. The van der Waals surface area contributed by atoms with E-state index in [2.05, 4.69) is 31.0 Å². The summed E-state index contributed by atoms with van der Waals surface area (Å²) in [6.45, 7) is 0.201. The van der Waals surface area contributed by atoms with Gasteiger partial charge in [0.25, 0.3) is 0 Å². The number of methoxy groups -OCH3 is 1. The van der Waals surface area contributed by atoms with Crippen LogP contribution in [0.3, 0.4) is 0 Å². The Morgan fingerprint density at radius 3 is 2.53 bits per heavy atom. The summed E-state index contributed by atoms with van der Waals surface area (Å²) in [5, 5.41) is 21.5. The van der Waals surface area contributed by atoms with Crippen LogP contribution in [0.25, 0.3) is 11.2 Å². The number of fused-ring (bicyclic) bond motifs is 1. The number of phosphoric ester groups is 2. The van der Waals surface area contributed by atoms with Crippen molar-refractivity contribution in [2.75, 3.05) is 45.4 Å². The number of esters is 1. The highest BCUT2D eigenvalue weighted by Gasteiger charge is 2.50. The number of aliphatic hydroxyl groups is 2. The summed E-state index contributed by atoms with van der Waals surface area (Å²) in [6.07, 6.45) is -4.54. The van der Waals surface area contributed by atoms with Gasteiger partial charge in [-0.3, -0.25) is 27.5 Å². The van der Waals surface area contributed by atoms with Gasteiger partial charge < -0.3 is 55.5 Å². The van der Waals surface area contributed by atoms with Crippen molar-refractivity contribution in [2.45, 2.75) is 62.2 Å². The van der Waals surface area contributed by atoms with Gasteiger partial charge in [-0.25, -0.2) is 33.7 Å². The SMILES string of the molecule is C=CCCC(=O)N(C)[C@@H](CO)C(=O)O[C@H]1[C@@H](O)[C@H](n2cnc3c(N)ncnc32)O[C@@H]1COP(=O)(O)O[C@@H](Cn1ccc(N)nc1=O)[C@@H](COP(=O)(O)O)OC. The zero-order chi connectivity index (χ0) is 40.7. The summed E-state index contributed by atoms with van der Waals surface area (Å²) in [7, 11) is -8.09. The second-order valence-electron chi connectivity index (χ2n) is 11.8. The van der Waals surface area contributed by atoms with Crippen LogP contribution in [-0.2, 0) is 53.0 Å². The number of nitrogens with two attached hydrogens (primary N) is 2. The van der Waals surface area contributed by atoms with Crippen LogP contribution in [0.4, 0.5) is 11.6 Å². The summed E-state index contributed by atoms with van der Waals surface area (Å²) in [5.41, 5.74) is 10.7. The number of carbonyl (C=O) groups excluding carboxylic acids is 2. The van der Waals surface area contributed by atoms with Gasteiger partial charge in [0, 0.05) is 26.8 Å². The van der Waals surface area contributed by atoms with Crippen molar-refractivity contribution >= 4 is 50.3 Å². The van der Waals surface area contributed by atoms with Crippen LogP contribution in [-0.4, -0.2) is 141 Å². The number of nitrogen functional groups attached to an aromatic ring is 2. The number of hydrogen-bond acceptors (Lipinski definition) is 19. The van der Waals surface area contributed by atoms with E-state index in [9.17, 15) is 48.4 Å². The molecule has 1 unspecified atom stereocenters. The third-order valence-corrected chi connectivity index (χ3v) is 9.66. The van der Waals surface area contributed by atoms with Gasteiger partial charge in [0.05, 0.1) is 32.7 Å². The van der Waals surface area contributed by atoms with Gasteiger partial charge in [0.1, 0.15) is 42.1 Å². The number of aliphatic hydroxyl groups excluding tert-OH is 2. The molecule has 1 fully saturated rings. The molecule has 0 spiro atoms. The first-order chi connectivity index (χ1) is 25.9. The van der Waals surface area contributed by atoms with Gasteiger partial charge in [-0.2, -0.15) is 4.98 Å². The fraction of sp³-hybridized carbons (Fsp3) is 0.536. The minimum atomic E-state index is -5.31. The van der Waals surface area contributed by atoms with Gasteiger partial charge in [-0.05, 0) is 12.5 Å². The normalized spacial score (nSPS) is 21.4. The largest absolute Gasteiger partial charge is 0.472 e. The van der Waals surface area contributed by atoms with E-state index < -0.39 is 102 Å². The predicted molar refractivity (Wildman–Crippen MR) is 185 cm³/mol. The Morgan fingerprint density at radius 1 is 1.16 bits per heavy atom. The molecule has 4 heterocycles. The number of imidazole rings is 1. The van der Waals surface area contributed by atoms with E-state index in [0.29, 0.717) is 0 Å². The number of carbonyl (C=O) groups is 2. The molecule has 0 radical (unpaired) electrons. The fourth-order valence-electron chi connectivity index (χ4n) is 5.29. The molecule has 55 heavy (non-hydrogen) atoms. The lowest BCUT2D eigenvalue weighted by Gasteiger charge is -2.29. The Labute approximate surface area is 311 Å². The van der Waals surface area contributed by atoms with Crippen molar-refractivity contribution in [1.29, 1.82) is 0 Å². The number of anilines is 2. The number of rotatable bonds is 20. The molecule has 1 saturated heterocycles. The van der Waals surface area contributed by atoms with Gasteiger partial charge in [-0.1, -0.05) is 6.08 Å². The molecule has 8 atom stereocenters. The average Bonchev–Trinajstić information content (AvgIpc) is 3.68. The Bertz CT molecular complexity index is 1980. The van der Waals surface area contributed by atoms with Crippen molar-refractivity contribution < 1.29 is 71.4 Å². The average molecular weight is 822 g/mol.